The van der Waals surface area contributed by atoms with Crippen LogP contribution in [0, 0.1) is 5.82 Å². The fourth-order valence-electron chi connectivity index (χ4n) is 3.57. The molecule has 1 aromatic heterocycles. The molecule has 9 heteroatoms. The summed E-state index contributed by atoms with van der Waals surface area (Å²) in [6.07, 6.45) is 1.15. The predicted molar refractivity (Wildman–Crippen MR) is 132 cm³/mol. The summed E-state index contributed by atoms with van der Waals surface area (Å²) in [7, 11) is 0. The largest absolute Gasteiger partial charge is 0.446 e. The normalized spacial score (nSPS) is 10.8. The molecule has 0 aliphatic carbocycles. The van der Waals surface area contributed by atoms with Gasteiger partial charge in [0.1, 0.15) is 5.82 Å². The zero-order valence-corrected chi connectivity index (χ0v) is 19.9. The maximum atomic E-state index is 13.7. The molecular formula is C25H22BrFN4O3. The van der Waals surface area contributed by atoms with E-state index in [1.165, 1.54) is 22.8 Å². The molecule has 3 aromatic carbocycles. The van der Waals surface area contributed by atoms with Gasteiger partial charge in [0.15, 0.2) is 5.82 Å². The van der Waals surface area contributed by atoms with E-state index in [2.05, 4.69) is 31.7 Å². The number of benzene rings is 3. The number of anilines is 1. The van der Waals surface area contributed by atoms with Gasteiger partial charge in [0, 0.05) is 18.7 Å². The first-order valence-corrected chi connectivity index (χ1v) is 11.5. The van der Waals surface area contributed by atoms with Crippen molar-refractivity contribution in [3.8, 4) is 16.8 Å². The number of carbonyl (C=O) groups is 1. The molecule has 0 aliphatic heterocycles. The van der Waals surface area contributed by atoms with E-state index < -0.39 is 11.6 Å². The van der Waals surface area contributed by atoms with E-state index in [4.69, 9.17) is 4.52 Å². The maximum Gasteiger partial charge on any atom is 0.446 e. The van der Waals surface area contributed by atoms with Gasteiger partial charge in [-0.25, -0.2) is 18.5 Å². The lowest BCUT2D eigenvalue weighted by Crippen LogP contribution is -2.29. The van der Waals surface area contributed by atoms with Crippen molar-refractivity contribution in [2.24, 2.45) is 0 Å². The quantitative estimate of drug-likeness (QED) is 0.333. The van der Waals surface area contributed by atoms with Gasteiger partial charge in [-0.2, -0.15) is 0 Å². The number of halogens is 2. The van der Waals surface area contributed by atoms with Gasteiger partial charge in [-0.1, -0.05) is 48.5 Å². The number of rotatable bonds is 7. The van der Waals surface area contributed by atoms with Crippen molar-refractivity contribution in [3.05, 3.63) is 99.0 Å². The summed E-state index contributed by atoms with van der Waals surface area (Å²) in [6.45, 7) is 2.58. The first-order valence-electron chi connectivity index (χ1n) is 10.7. The molecule has 0 saturated heterocycles. The number of nitrogens with one attached hydrogen (secondary N) is 2. The van der Waals surface area contributed by atoms with Gasteiger partial charge in [0.2, 0.25) is 0 Å². The van der Waals surface area contributed by atoms with Crippen LogP contribution in [0.2, 0.25) is 0 Å². The Bertz CT molecular complexity index is 1380. The number of hydrogen-bond donors (Lipinski definition) is 2. The monoisotopic (exact) mass is 524 g/mol. The Morgan fingerprint density at radius 2 is 1.94 bits per heavy atom. The van der Waals surface area contributed by atoms with Crippen LogP contribution >= 0.6 is 15.9 Å². The Balaban J connectivity index is 1.65. The molecule has 2 amide bonds. The summed E-state index contributed by atoms with van der Waals surface area (Å²) < 4.78 is 20.2. The van der Waals surface area contributed by atoms with Crippen LogP contribution in [0.1, 0.15) is 24.7 Å². The average Bonchev–Trinajstić information content (AvgIpc) is 3.20. The molecule has 4 rings (SSSR count). The van der Waals surface area contributed by atoms with Crippen molar-refractivity contribution < 1.29 is 13.7 Å². The third-order valence-corrected chi connectivity index (χ3v) is 5.77. The highest BCUT2D eigenvalue weighted by Crippen LogP contribution is 2.28. The summed E-state index contributed by atoms with van der Waals surface area (Å²) in [5.74, 6) is -0.712. The Morgan fingerprint density at radius 3 is 2.74 bits per heavy atom. The smallest absolute Gasteiger partial charge is 0.338 e. The fraction of sp³-hybridized carbons (Fsp3) is 0.160. The summed E-state index contributed by atoms with van der Waals surface area (Å²) in [6, 6.07) is 19.2. The van der Waals surface area contributed by atoms with Crippen LogP contribution in [-0.2, 0) is 6.42 Å². The standard InChI is InChI=1S/C25H22BrFN4O3/c1-2-12-28-24(32)29-18-8-5-7-16(13-18)20-9-4-3-6-17(20)14-23-30-34-25(33)31(23)19-10-11-22(27)21(26)15-19/h3-11,13,15H,2,12,14H2,1H3,(H2,28,29,32). The third-order valence-electron chi connectivity index (χ3n) is 5.16. The van der Waals surface area contributed by atoms with Gasteiger partial charge in [0.05, 0.1) is 10.2 Å². The van der Waals surface area contributed by atoms with Crippen molar-refractivity contribution in [1.82, 2.24) is 15.0 Å². The second-order valence-electron chi connectivity index (χ2n) is 7.59. The first-order chi connectivity index (χ1) is 16.5. The van der Waals surface area contributed by atoms with Crippen LogP contribution in [-0.4, -0.2) is 22.3 Å². The van der Waals surface area contributed by atoms with Crippen LogP contribution in [0.25, 0.3) is 16.8 Å². The molecule has 1 heterocycles. The number of carbonyl (C=O) groups excluding carboxylic acids is 1. The van der Waals surface area contributed by atoms with Crippen LogP contribution < -0.4 is 16.4 Å². The average molecular weight is 525 g/mol. The van der Waals surface area contributed by atoms with Gasteiger partial charge < -0.3 is 10.6 Å². The lowest BCUT2D eigenvalue weighted by Gasteiger charge is -2.12. The van der Waals surface area contributed by atoms with Crippen molar-refractivity contribution in [2.75, 3.05) is 11.9 Å². The maximum absolute atomic E-state index is 13.7. The van der Waals surface area contributed by atoms with Gasteiger partial charge in [-0.05, 0) is 69.4 Å². The van der Waals surface area contributed by atoms with E-state index >= 15 is 0 Å². The Morgan fingerprint density at radius 1 is 1.12 bits per heavy atom. The minimum absolute atomic E-state index is 0.233. The van der Waals surface area contributed by atoms with Gasteiger partial charge in [-0.15, -0.1) is 0 Å². The lowest BCUT2D eigenvalue weighted by atomic mass is 9.97. The van der Waals surface area contributed by atoms with E-state index in [0.717, 1.165) is 23.1 Å². The third kappa shape index (κ3) is 5.26. The van der Waals surface area contributed by atoms with Crippen molar-refractivity contribution >= 4 is 27.6 Å². The van der Waals surface area contributed by atoms with Crippen LogP contribution in [0.4, 0.5) is 14.9 Å². The van der Waals surface area contributed by atoms with Crippen LogP contribution in [0.5, 0.6) is 0 Å². The Kier molecular flexibility index (Phi) is 7.22. The van der Waals surface area contributed by atoms with Gasteiger partial charge in [-0.3, -0.25) is 4.52 Å². The number of urea groups is 1. The summed E-state index contributed by atoms with van der Waals surface area (Å²) in [4.78, 5) is 24.4. The molecule has 0 saturated carbocycles. The molecule has 2 N–H and O–H groups in total. The van der Waals surface area contributed by atoms with E-state index in [-0.39, 0.29) is 10.5 Å². The minimum Gasteiger partial charge on any atom is -0.338 e. The molecule has 0 spiro atoms. The molecule has 0 atom stereocenters. The highest BCUT2D eigenvalue weighted by Gasteiger charge is 2.17. The fourth-order valence-corrected chi connectivity index (χ4v) is 3.94. The second-order valence-corrected chi connectivity index (χ2v) is 8.45. The molecule has 0 bridgehead atoms. The molecule has 7 nitrogen and oxygen atoms in total. The molecule has 0 radical (unpaired) electrons. The number of hydrogen-bond acceptors (Lipinski definition) is 4. The van der Waals surface area contributed by atoms with Crippen molar-refractivity contribution in [3.63, 3.8) is 0 Å². The lowest BCUT2D eigenvalue weighted by molar-refractivity contribution is 0.252. The Hall–Kier alpha value is -3.72. The zero-order chi connectivity index (χ0) is 24.1. The summed E-state index contributed by atoms with van der Waals surface area (Å²) in [5, 5.41) is 9.59. The van der Waals surface area contributed by atoms with E-state index in [1.54, 1.807) is 0 Å². The summed E-state index contributed by atoms with van der Waals surface area (Å²) in [5.41, 5.74) is 3.82. The second kappa shape index (κ2) is 10.5. The molecule has 0 fully saturated rings. The van der Waals surface area contributed by atoms with Gasteiger partial charge >= 0.3 is 11.8 Å². The van der Waals surface area contributed by atoms with Crippen LogP contribution in [0.15, 0.2) is 80.5 Å². The van der Waals surface area contributed by atoms with Crippen molar-refractivity contribution in [1.29, 1.82) is 0 Å². The van der Waals surface area contributed by atoms with E-state index in [9.17, 15) is 14.0 Å². The van der Waals surface area contributed by atoms with Crippen molar-refractivity contribution in [2.45, 2.75) is 19.8 Å². The number of amides is 2. The number of nitrogens with zero attached hydrogens (tertiary/aromatic N) is 2. The molecule has 174 valence electrons. The first kappa shape index (κ1) is 23.4. The molecule has 0 aliphatic rings. The van der Waals surface area contributed by atoms with E-state index in [0.29, 0.717) is 30.2 Å². The molecular weight excluding hydrogens is 503 g/mol. The minimum atomic E-state index is -0.657. The van der Waals surface area contributed by atoms with Crippen LogP contribution in [0.3, 0.4) is 0 Å². The molecule has 0 unspecified atom stereocenters. The number of aromatic nitrogens is 2. The molecule has 4 aromatic rings. The SMILES string of the molecule is CCCNC(=O)Nc1cccc(-c2ccccc2Cc2noc(=O)n2-c2ccc(F)c(Br)c2)c1. The predicted octanol–water partition coefficient (Wildman–Crippen LogP) is 5.52. The summed E-state index contributed by atoms with van der Waals surface area (Å²) >= 11 is 3.15. The Labute approximate surface area is 203 Å². The van der Waals surface area contributed by atoms with E-state index in [1.807, 2.05) is 55.5 Å². The highest BCUT2D eigenvalue weighted by molar-refractivity contribution is 9.10. The van der Waals surface area contributed by atoms with Gasteiger partial charge in [0.25, 0.3) is 0 Å². The highest BCUT2D eigenvalue weighted by atomic mass is 79.9. The molecule has 34 heavy (non-hydrogen) atoms. The topological polar surface area (TPSA) is 89.2 Å². The zero-order valence-electron chi connectivity index (χ0n) is 18.3.